The van der Waals surface area contributed by atoms with E-state index in [0.717, 1.165) is 30.1 Å². The molecule has 0 aliphatic heterocycles. The summed E-state index contributed by atoms with van der Waals surface area (Å²) in [6.45, 7) is 6.11. The molecule has 0 saturated carbocycles. The Morgan fingerprint density at radius 3 is 2.71 bits per heavy atom. The lowest BCUT2D eigenvalue weighted by molar-refractivity contribution is 0.0989. The molecule has 0 saturated heterocycles. The highest BCUT2D eigenvalue weighted by molar-refractivity contribution is 5.90. The lowest BCUT2D eigenvalue weighted by Gasteiger charge is -2.15. The van der Waals surface area contributed by atoms with Gasteiger partial charge in [-0.25, -0.2) is 19.9 Å². The van der Waals surface area contributed by atoms with E-state index in [1.54, 1.807) is 17.0 Å². The third-order valence-electron chi connectivity index (χ3n) is 3.90. The van der Waals surface area contributed by atoms with Crippen LogP contribution in [0.15, 0.2) is 24.9 Å². The molecular formula is C16H19N7O. The number of carbonyl (C=O) groups excluding carboxylic acids is 1. The maximum atomic E-state index is 11.6. The van der Waals surface area contributed by atoms with Crippen LogP contribution in [0.5, 0.6) is 0 Å². The van der Waals surface area contributed by atoms with Gasteiger partial charge in [-0.3, -0.25) is 13.9 Å². The largest absolute Gasteiger partial charge is 0.363 e. The molecule has 2 N–H and O–H groups in total. The van der Waals surface area contributed by atoms with Crippen LogP contribution >= 0.6 is 0 Å². The Kier molecular flexibility index (Phi) is 4.11. The molecule has 0 spiro atoms. The highest BCUT2D eigenvalue weighted by Crippen LogP contribution is 2.23. The molecule has 3 aromatic heterocycles. The Labute approximate surface area is 139 Å². The molecule has 0 unspecified atom stereocenters. The lowest BCUT2D eigenvalue weighted by Crippen LogP contribution is -2.19. The molecule has 0 aromatic carbocycles. The van der Waals surface area contributed by atoms with Gasteiger partial charge in [0.2, 0.25) is 5.82 Å². The first-order valence-electron chi connectivity index (χ1n) is 7.79. The summed E-state index contributed by atoms with van der Waals surface area (Å²) in [5.74, 6) is 1.09. The van der Waals surface area contributed by atoms with Gasteiger partial charge in [-0.15, -0.1) is 0 Å². The molecule has 0 atom stereocenters. The minimum Gasteiger partial charge on any atom is -0.363 e. The van der Waals surface area contributed by atoms with Crippen LogP contribution in [0.1, 0.15) is 41.7 Å². The Bertz CT molecular complexity index is 894. The Morgan fingerprint density at radius 2 is 2.04 bits per heavy atom. The summed E-state index contributed by atoms with van der Waals surface area (Å²) in [6, 6.07) is 0. The van der Waals surface area contributed by atoms with Crippen LogP contribution in [0.4, 0.5) is 0 Å². The number of carbonyl (C=O) groups is 1. The first-order valence-corrected chi connectivity index (χ1v) is 7.79. The van der Waals surface area contributed by atoms with E-state index in [-0.39, 0.29) is 5.82 Å². The quantitative estimate of drug-likeness (QED) is 0.763. The second-order valence-corrected chi connectivity index (χ2v) is 5.32. The fourth-order valence-electron chi connectivity index (χ4n) is 2.87. The van der Waals surface area contributed by atoms with Gasteiger partial charge in [-0.2, -0.15) is 0 Å². The predicted molar refractivity (Wildman–Crippen MR) is 88.3 cm³/mol. The van der Waals surface area contributed by atoms with E-state index in [1.807, 2.05) is 18.4 Å². The lowest BCUT2D eigenvalue weighted by atomic mass is 10.2. The molecule has 24 heavy (non-hydrogen) atoms. The molecule has 0 fully saturated rings. The molecule has 8 nitrogen and oxygen atoms in total. The number of primary amides is 1. The van der Waals surface area contributed by atoms with E-state index in [2.05, 4.69) is 26.9 Å². The van der Waals surface area contributed by atoms with Gasteiger partial charge < -0.3 is 5.73 Å². The van der Waals surface area contributed by atoms with Gasteiger partial charge in [-0.05, 0) is 13.3 Å². The highest BCUT2D eigenvalue weighted by atomic mass is 16.1. The summed E-state index contributed by atoms with van der Waals surface area (Å²) in [6.07, 6.45) is 7.89. The predicted octanol–water partition coefficient (Wildman–Crippen LogP) is 1.38. The molecule has 0 aliphatic rings. The summed E-state index contributed by atoms with van der Waals surface area (Å²) in [4.78, 5) is 28.8. The fourth-order valence-corrected chi connectivity index (χ4v) is 2.87. The van der Waals surface area contributed by atoms with Gasteiger partial charge in [0, 0.05) is 24.5 Å². The summed E-state index contributed by atoms with van der Waals surface area (Å²) in [5.41, 5.74) is 8.10. The molecule has 8 heteroatoms. The van der Waals surface area contributed by atoms with E-state index in [1.165, 1.54) is 12.5 Å². The average molecular weight is 325 g/mol. The fraction of sp³-hybridized carbons (Fsp3) is 0.312. The highest BCUT2D eigenvalue weighted by Gasteiger charge is 2.20. The zero-order chi connectivity index (χ0) is 17.3. The molecule has 124 valence electrons. The summed E-state index contributed by atoms with van der Waals surface area (Å²) < 4.78 is 3.63. The van der Waals surface area contributed by atoms with E-state index in [9.17, 15) is 4.79 Å². The summed E-state index contributed by atoms with van der Waals surface area (Å²) >= 11 is 0. The number of hydrogen-bond donors (Lipinski definition) is 1. The van der Waals surface area contributed by atoms with Crippen molar-refractivity contribution in [3.05, 3.63) is 48.0 Å². The van der Waals surface area contributed by atoms with Crippen molar-refractivity contribution in [3.63, 3.8) is 0 Å². The monoisotopic (exact) mass is 325 g/mol. The van der Waals surface area contributed by atoms with E-state index in [0.29, 0.717) is 11.5 Å². The molecule has 0 radical (unpaired) electrons. The molecule has 1 amide bonds. The zero-order valence-corrected chi connectivity index (χ0v) is 13.9. The van der Waals surface area contributed by atoms with Gasteiger partial charge in [0.25, 0.3) is 5.91 Å². The van der Waals surface area contributed by atoms with Crippen molar-refractivity contribution in [1.29, 1.82) is 0 Å². The minimum absolute atomic E-state index is 0.138. The van der Waals surface area contributed by atoms with Gasteiger partial charge in [0.15, 0.2) is 5.82 Å². The molecule has 3 aromatic rings. The average Bonchev–Trinajstić information content (AvgIpc) is 3.18. The molecular weight excluding hydrogens is 306 g/mol. The van der Waals surface area contributed by atoms with Crippen LogP contribution in [0, 0.1) is 6.92 Å². The maximum Gasteiger partial charge on any atom is 0.285 e. The van der Waals surface area contributed by atoms with Crippen LogP contribution in [-0.4, -0.2) is 35.0 Å². The van der Waals surface area contributed by atoms with Crippen LogP contribution < -0.4 is 5.73 Å². The second kappa shape index (κ2) is 6.23. The van der Waals surface area contributed by atoms with E-state index >= 15 is 0 Å². The second-order valence-electron chi connectivity index (χ2n) is 5.32. The molecule has 0 aliphatic carbocycles. The van der Waals surface area contributed by atoms with E-state index in [4.69, 9.17) is 5.73 Å². The third-order valence-corrected chi connectivity index (χ3v) is 3.90. The first kappa shape index (κ1) is 15.9. The van der Waals surface area contributed by atoms with Crippen molar-refractivity contribution in [3.8, 4) is 11.5 Å². The standard InChI is InChI=1S/C16H19N7O/c1-4-11-10(3)21-13(5-2)23(11)15-12(8-18-9-20-15)22-7-6-19-16(22)14(17)24/h6-9H,4-5H2,1-3H3,(H2,17,24). The third kappa shape index (κ3) is 2.45. The minimum atomic E-state index is -0.608. The van der Waals surface area contributed by atoms with Crippen LogP contribution in [0.25, 0.3) is 11.5 Å². The molecule has 3 rings (SSSR count). The Morgan fingerprint density at radius 1 is 1.25 bits per heavy atom. The maximum absolute atomic E-state index is 11.6. The van der Waals surface area contributed by atoms with Gasteiger partial charge in [0.1, 0.15) is 17.8 Å². The van der Waals surface area contributed by atoms with Crippen LogP contribution in [0.3, 0.4) is 0 Å². The van der Waals surface area contributed by atoms with Crippen LogP contribution in [-0.2, 0) is 12.8 Å². The number of amides is 1. The normalized spacial score (nSPS) is 11.0. The Balaban J connectivity index is 2.29. The van der Waals surface area contributed by atoms with Crippen molar-refractivity contribution < 1.29 is 4.79 Å². The zero-order valence-electron chi connectivity index (χ0n) is 13.9. The van der Waals surface area contributed by atoms with E-state index < -0.39 is 5.91 Å². The first-order chi connectivity index (χ1) is 11.6. The molecule has 0 bridgehead atoms. The van der Waals surface area contributed by atoms with Gasteiger partial charge in [-0.1, -0.05) is 13.8 Å². The number of hydrogen-bond acceptors (Lipinski definition) is 5. The van der Waals surface area contributed by atoms with Gasteiger partial charge in [0.05, 0.1) is 11.9 Å². The van der Waals surface area contributed by atoms with Crippen molar-refractivity contribution in [2.24, 2.45) is 5.73 Å². The van der Waals surface area contributed by atoms with Crippen LogP contribution in [0.2, 0.25) is 0 Å². The number of nitrogens with two attached hydrogens (primary N) is 1. The van der Waals surface area contributed by atoms with Crippen molar-refractivity contribution in [1.82, 2.24) is 29.1 Å². The number of aryl methyl sites for hydroxylation is 2. The number of aromatic nitrogens is 6. The van der Waals surface area contributed by atoms with Crippen molar-refractivity contribution in [2.45, 2.75) is 33.6 Å². The van der Waals surface area contributed by atoms with Crippen molar-refractivity contribution in [2.75, 3.05) is 0 Å². The Hall–Kier alpha value is -3.03. The summed E-state index contributed by atoms with van der Waals surface area (Å²) in [5, 5.41) is 0. The number of imidazole rings is 2. The SMILES string of the molecule is CCc1nc(C)c(CC)n1-c1ncncc1-n1ccnc1C(N)=O. The summed E-state index contributed by atoms with van der Waals surface area (Å²) in [7, 11) is 0. The molecule has 3 heterocycles. The smallest absolute Gasteiger partial charge is 0.285 e. The van der Waals surface area contributed by atoms with Gasteiger partial charge >= 0.3 is 0 Å². The van der Waals surface area contributed by atoms with Crippen molar-refractivity contribution >= 4 is 5.91 Å². The number of rotatable bonds is 5. The number of nitrogens with zero attached hydrogens (tertiary/aromatic N) is 6. The topological polar surface area (TPSA) is 105 Å².